The number of ketones is 1. The number of benzene rings is 2. The molecule has 120 valence electrons. The van der Waals surface area contributed by atoms with Gasteiger partial charge in [0.1, 0.15) is 11.6 Å². The minimum absolute atomic E-state index is 0.0114. The first-order chi connectivity index (χ1) is 11.0. The number of rotatable bonds is 6. The zero-order chi connectivity index (χ0) is 16.8. The molecule has 0 aliphatic rings. The number of anilines is 1. The third kappa shape index (κ3) is 4.29. The van der Waals surface area contributed by atoms with E-state index in [0.717, 1.165) is 0 Å². The van der Waals surface area contributed by atoms with E-state index in [2.05, 4.69) is 10.6 Å². The lowest BCUT2D eigenvalue weighted by Crippen LogP contribution is -2.29. The molecule has 0 aliphatic heterocycles. The van der Waals surface area contributed by atoms with Gasteiger partial charge in [0.15, 0.2) is 5.78 Å². The molecule has 23 heavy (non-hydrogen) atoms. The Bertz CT molecular complexity index is 714. The Morgan fingerprint density at radius 2 is 1.78 bits per heavy atom. The van der Waals surface area contributed by atoms with E-state index in [1.54, 1.807) is 6.07 Å². The molecular weight excluding hydrogens is 299 g/mol. The Morgan fingerprint density at radius 3 is 2.43 bits per heavy atom. The van der Waals surface area contributed by atoms with Gasteiger partial charge in [-0.25, -0.2) is 4.39 Å². The zero-order valence-corrected chi connectivity index (χ0v) is 12.6. The predicted octanol–water partition coefficient (Wildman–Crippen LogP) is 2.58. The minimum Gasteiger partial charge on any atom is -0.508 e. The number of halogens is 1. The van der Waals surface area contributed by atoms with Crippen molar-refractivity contribution in [1.82, 2.24) is 5.32 Å². The first kappa shape index (κ1) is 16.5. The third-order valence-electron chi connectivity index (χ3n) is 3.22. The molecule has 0 bridgehead atoms. The second kappa shape index (κ2) is 7.40. The maximum absolute atomic E-state index is 13.6. The highest BCUT2D eigenvalue weighted by Crippen LogP contribution is 2.19. The maximum Gasteiger partial charge on any atom is 0.251 e. The van der Waals surface area contributed by atoms with Gasteiger partial charge in [-0.3, -0.25) is 9.59 Å². The average Bonchev–Trinajstić information content (AvgIpc) is 2.51. The van der Waals surface area contributed by atoms with Gasteiger partial charge in [0, 0.05) is 24.3 Å². The number of phenolic OH excluding ortho intramolecular Hbond substituents is 1. The molecule has 0 saturated carbocycles. The summed E-state index contributed by atoms with van der Waals surface area (Å²) >= 11 is 0. The third-order valence-corrected chi connectivity index (χ3v) is 3.22. The van der Waals surface area contributed by atoms with Gasteiger partial charge in [-0.2, -0.15) is 0 Å². The Kier molecular flexibility index (Phi) is 5.30. The summed E-state index contributed by atoms with van der Waals surface area (Å²) in [5.41, 5.74) is 0.840. The van der Waals surface area contributed by atoms with Crippen molar-refractivity contribution in [2.75, 3.05) is 18.4 Å². The van der Waals surface area contributed by atoms with Crippen LogP contribution in [-0.2, 0) is 0 Å². The van der Waals surface area contributed by atoms with Crippen LogP contribution < -0.4 is 10.6 Å². The van der Waals surface area contributed by atoms with Gasteiger partial charge in [-0.15, -0.1) is 0 Å². The van der Waals surface area contributed by atoms with Crippen LogP contribution in [0, 0.1) is 5.82 Å². The highest BCUT2D eigenvalue weighted by Gasteiger charge is 2.12. The van der Waals surface area contributed by atoms with Crippen molar-refractivity contribution < 1.29 is 19.1 Å². The van der Waals surface area contributed by atoms with Gasteiger partial charge in [0.05, 0.1) is 5.56 Å². The molecule has 2 aromatic carbocycles. The molecule has 2 aromatic rings. The number of nitrogens with one attached hydrogen (secondary N) is 2. The Labute approximate surface area is 133 Å². The molecule has 0 aromatic heterocycles. The van der Waals surface area contributed by atoms with Crippen LogP contribution in [-0.4, -0.2) is 29.9 Å². The van der Waals surface area contributed by atoms with Crippen LogP contribution in [0.5, 0.6) is 5.75 Å². The molecule has 0 spiro atoms. The van der Waals surface area contributed by atoms with E-state index in [-0.39, 0.29) is 23.0 Å². The summed E-state index contributed by atoms with van der Waals surface area (Å²) in [6, 6.07) is 10.2. The number of carbonyl (C=O) groups is 2. The van der Waals surface area contributed by atoms with E-state index in [9.17, 15) is 19.1 Å². The Morgan fingerprint density at radius 1 is 1.09 bits per heavy atom. The van der Waals surface area contributed by atoms with Crippen molar-refractivity contribution in [3.8, 4) is 5.75 Å². The molecule has 1 amide bonds. The van der Waals surface area contributed by atoms with Crippen LogP contribution in [0.15, 0.2) is 42.5 Å². The summed E-state index contributed by atoms with van der Waals surface area (Å²) < 4.78 is 13.6. The molecular formula is C17H17FN2O3. The van der Waals surface area contributed by atoms with Gasteiger partial charge in [0.2, 0.25) is 0 Å². The zero-order valence-electron chi connectivity index (χ0n) is 12.6. The first-order valence-electron chi connectivity index (χ1n) is 7.09. The van der Waals surface area contributed by atoms with Gasteiger partial charge < -0.3 is 15.7 Å². The molecule has 0 aliphatic carbocycles. The summed E-state index contributed by atoms with van der Waals surface area (Å²) in [5, 5.41) is 14.8. The second-order valence-corrected chi connectivity index (χ2v) is 4.95. The fraction of sp³-hybridized carbons (Fsp3) is 0.176. The molecule has 5 nitrogen and oxygen atoms in total. The van der Waals surface area contributed by atoms with Crippen molar-refractivity contribution in [3.63, 3.8) is 0 Å². The molecule has 0 heterocycles. The lowest BCUT2D eigenvalue weighted by molar-refractivity contribution is 0.0953. The van der Waals surface area contributed by atoms with E-state index in [0.29, 0.717) is 24.3 Å². The number of hydrogen-bond acceptors (Lipinski definition) is 4. The summed E-state index contributed by atoms with van der Waals surface area (Å²) in [4.78, 5) is 23.3. The molecule has 2 rings (SSSR count). The van der Waals surface area contributed by atoms with Crippen molar-refractivity contribution in [1.29, 1.82) is 0 Å². The maximum atomic E-state index is 13.6. The van der Waals surface area contributed by atoms with E-state index in [1.807, 2.05) is 0 Å². The predicted molar refractivity (Wildman–Crippen MR) is 85.3 cm³/mol. The summed E-state index contributed by atoms with van der Waals surface area (Å²) in [7, 11) is 0. The smallest absolute Gasteiger partial charge is 0.251 e. The van der Waals surface area contributed by atoms with Crippen molar-refractivity contribution in [2.24, 2.45) is 0 Å². The van der Waals surface area contributed by atoms with Crippen molar-refractivity contribution in [3.05, 3.63) is 59.4 Å². The largest absolute Gasteiger partial charge is 0.508 e. The molecule has 0 atom stereocenters. The van der Waals surface area contributed by atoms with Gasteiger partial charge >= 0.3 is 0 Å². The monoisotopic (exact) mass is 316 g/mol. The fourth-order valence-corrected chi connectivity index (χ4v) is 2.12. The quantitative estimate of drug-likeness (QED) is 0.565. The number of aromatic hydroxyl groups is 1. The van der Waals surface area contributed by atoms with Crippen molar-refractivity contribution in [2.45, 2.75) is 6.92 Å². The van der Waals surface area contributed by atoms with Crippen LogP contribution in [0.3, 0.4) is 0 Å². The van der Waals surface area contributed by atoms with Crippen molar-refractivity contribution >= 4 is 17.4 Å². The minimum atomic E-state index is -0.573. The van der Waals surface area contributed by atoms with E-state index in [4.69, 9.17) is 0 Å². The molecule has 0 unspecified atom stereocenters. The first-order valence-corrected chi connectivity index (χ1v) is 7.09. The summed E-state index contributed by atoms with van der Waals surface area (Å²) in [5.74, 6) is -1.13. The van der Waals surface area contributed by atoms with E-state index >= 15 is 0 Å². The fourth-order valence-electron chi connectivity index (χ4n) is 2.12. The van der Waals surface area contributed by atoms with Crippen LogP contribution >= 0.6 is 0 Å². The molecule has 3 N–H and O–H groups in total. The lowest BCUT2D eigenvalue weighted by Gasteiger charge is -2.11. The number of Topliss-reactive ketones (excluding diaryl/α,β-unsaturated/α-hetero) is 1. The van der Waals surface area contributed by atoms with Crippen LogP contribution in [0.4, 0.5) is 10.1 Å². The number of carbonyl (C=O) groups excluding carboxylic acids is 2. The number of phenols is 1. The molecule has 6 heteroatoms. The Balaban J connectivity index is 1.89. The molecule has 0 saturated heterocycles. The van der Waals surface area contributed by atoms with E-state index in [1.165, 1.54) is 43.3 Å². The van der Waals surface area contributed by atoms with Crippen LogP contribution in [0.25, 0.3) is 0 Å². The van der Waals surface area contributed by atoms with Crippen LogP contribution in [0.1, 0.15) is 27.6 Å². The van der Waals surface area contributed by atoms with E-state index < -0.39 is 5.82 Å². The highest BCUT2D eigenvalue weighted by molar-refractivity contribution is 5.99. The normalized spacial score (nSPS) is 10.2. The van der Waals surface area contributed by atoms with Gasteiger partial charge in [0.25, 0.3) is 5.91 Å². The molecule has 0 radical (unpaired) electrons. The van der Waals surface area contributed by atoms with Gasteiger partial charge in [-0.1, -0.05) is 6.07 Å². The summed E-state index contributed by atoms with van der Waals surface area (Å²) in [6.45, 7) is 1.94. The lowest BCUT2D eigenvalue weighted by atomic mass is 10.1. The topological polar surface area (TPSA) is 78.4 Å². The Hall–Kier alpha value is -2.89. The standard InChI is InChI=1S/C17H17FN2O3/c1-11(21)16-14(18)3-2-4-15(16)19-9-10-20-17(23)12-5-7-13(22)8-6-12/h2-8,19,22H,9-10H2,1H3,(H,20,23). The highest BCUT2D eigenvalue weighted by atomic mass is 19.1. The second-order valence-electron chi connectivity index (χ2n) is 4.95. The van der Waals surface area contributed by atoms with Crippen LogP contribution in [0.2, 0.25) is 0 Å². The molecule has 0 fully saturated rings. The summed E-state index contributed by atoms with van der Waals surface area (Å²) in [6.07, 6.45) is 0. The number of amides is 1. The number of hydrogen-bond donors (Lipinski definition) is 3. The van der Waals surface area contributed by atoms with Gasteiger partial charge in [-0.05, 0) is 43.3 Å². The SMILES string of the molecule is CC(=O)c1c(F)cccc1NCCNC(=O)c1ccc(O)cc1. The average molecular weight is 316 g/mol.